The maximum atomic E-state index is 12.8. The normalized spacial score (nSPS) is 13.1. The largest absolute Gasteiger partial charge is 0.508 e. The molecule has 0 fully saturated rings. The molecular formula is C19H30N4O5S. The number of amides is 3. The number of nitrogens with two attached hydrogens (primary N) is 1. The second kappa shape index (κ2) is 11.5. The van der Waals surface area contributed by atoms with Gasteiger partial charge in [0.1, 0.15) is 23.4 Å². The third-order valence-corrected chi connectivity index (χ3v) is 4.41. The minimum Gasteiger partial charge on any atom is -0.508 e. The smallest absolute Gasteiger partial charge is 0.408 e. The van der Waals surface area contributed by atoms with Crippen LogP contribution in [0.15, 0.2) is 24.3 Å². The van der Waals surface area contributed by atoms with Crippen molar-refractivity contribution >= 4 is 29.7 Å². The van der Waals surface area contributed by atoms with Crippen molar-refractivity contribution in [2.45, 2.75) is 51.3 Å². The summed E-state index contributed by atoms with van der Waals surface area (Å²) in [4.78, 5) is 37.0. The zero-order valence-electron chi connectivity index (χ0n) is 17.2. The van der Waals surface area contributed by atoms with Gasteiger partial charge < -0.3 is 20.5 Å². The van der Waals surface area contributed by atoms with Crippen molar-refractivity contribution in [3.8, 4) is 5.75 Å². The molecule has 0 saturated carbocycles. The predicted octanol–water partition coefficient (Wildman–Crippen LogP) is 1.06. The predicted molar refractivity (Wildman–Crippen MR) is 112 cm³/mol. The van der Waals surface area contributed by atoms with Crippen LogP contribution in [0, 0.1) is 0 Å². The van der Waals surface area contributed by atoms with Crippen molar-refractivity contribution in [1.29, 1.82) is 0 Å². The Morgan fingerprint density at radius 2 is 1.72 bits per heavy atom. The molecular weight excluding hydrogens is 396 g/mol. The number of carbonyl (C=O) groups is 3. The molecule has 0 aromatic heterocycles. The molecule has 162 valence electrons. The van der Waals surface area contributed by atoms with E-state index >= 15 is 0 Å². The van der Waals surface area contributed by atoms with E-state index in [9.17, 15) is 19.5 Å². The highest BCUT2D eigenvalue weighted by molar-refractivity contribution is 7.98. The number of hydrogen-bond acceptors (Lipinski definition) is 7. The number of alkyl carbamates (subject to hydrolysis) is 1. The quantitative estimate of drug-likeness (QED) is 0.226. The van der Waals surface area contributed by atoms with E-state index in [0.717, 1.165) is 5.56 Å². The second-order valence-electron chi connectivity index (χ2n) is 7.42. The maximum absolute atomic E-state index is 12.8. The molecule has 0 heterocycles. The fourth-order valence-electron chi connectivity index (χ4n) is 2.40. The van der Waals surface area contributed by atoms with Gasteiger partial charge in [0.25, 0.3) is 5.91 Å². The van der Waals surface area contributed by atoms with Crippen LogP contribution >= 0.6 is 11.8 Å². The molecule has 1 aromatic carbocycles. The van der Waals surface area contributed by atoms with Crippen LogP contribution in [0.5, 0.6) is 5.75 Å². The molecule has 0 bridgehead atoms. The highest BCUT2D eigenvalue weighted by Crippen LogP contribution is 2.12. The fourth-order valence-corrected chi connectivity index (χ4v) is 2.88. The van der Waals surface area contributed by atoms with Gasteiger partial charge in [0.05, 0.1) is 0 Å². The average Bonchev–Trinajstić information content (AvgIpc) is 2.64. The minimum atomic E-state index is -0.950. The zero-order valence-corrected chi connectivity index (χ0v) is 18.0. The van der Waals surface area contributed by atoms with Crippen LogP contribution in [0.3, 0.4) is 0 Å². The molecule has 9 nitrogen and oxygen atoms in total. The molecule has 0 aliphatic carbocycles. The number of phenolic OH excluding ortho intramolecular Hbond substituents is 1. The first-order chi connectivity index (χ1) is 13.6. The third-order valence-electron chi connectivity index (χ3n) is 3.77. The van der Waals surface area contributed by atoms with E-state index in [-0.39, 0.29) is 12.2 Å². The highest BCUT2D eigenvalue weighted by Gasteiger charge is 2.28. The van der Waals surface area contributed by atoms with Crippen molar-refractivity contribution < 1.29 is 24.2 Å². The Hall–Kier alpha value is -2.46. The van der Waals surface area contributed by atoms with Crippen LogP contribution in [-0.2, 0) is 20.7 Å². The van der Waals surface area contributed by atoms with Gasteiger partial charge in [-0.15, -0.1) is 0 Å². The van der Waals surface area contributed by atoms with Gasteiger partial charge in [0.15, 0.2) is 0 Å². The SMILES string of the molecule is CSCC[C@@H](NC(=O)OC(C)(C)C)C(=O)N[C@@H](Cc1ccc(O)cc1)C(=O)NN. The number of aromatic hydroxyl groups is 1. The lowest BCUT2D eigenvalue weighted by Gasteiger charge is -2.25. The van der Waals surface area contributed by atoms with Crippen LogP contribution in [0.2, 0.25) is 0 Å². The Morgan fingerprint density at radius 1 is 1.10 bits per heavy atom. The average molecular weight is 427 g/mol. The van der Waals surface area contributed by atoms with Gasteiger partial charge in [-0.2, -0.15) is 11.8 Å². The molecule has 6 N–H and O–H groups in total. The number of ether oxygens (including phenoxy) is 1. The van der Waals surface area contributed by atoms with E-state index in [0.29, 0.717) is 12.2 Å². The number of benzene rings is 1. The van der Waals surface area contributed by atoms with E-state index in [4.69, 9.17) is 10.6 Å². The number of hydrogen-bond donors (Lipinski definition) is 5. The Kier molecular flexibility index (Phi) is 9.76. The standard InChI is InChI=1S/C19H30N4O5S/c1-19(2,3)28-18(27)22-14(9-10-29-4)16(25)21-15(17(26)23-20)11-12-5-7-13(24)8-6-12/h5-8,14-15,24H,9-11,20H2,1-4H3,(H,21,25)(H,22,27)(H,23,26)/t14-,15+/m1/s1. The van der Waals surface area contributed by atoms with Crippen molar-refractivity contribution in [2.24, 2.45) is 5.84 Å². The summed E-state index contributed by atoms with van der Waals surface area (Å²) >= 11 is 1.53. The molecule has 29 heavy (non-hydrogen) atoms. The summed E-state index contributed by atoms with van der Waals surface area (Å²) in [6.07, 6.45) is 1.70. The van der Waals surface area contributed by atoms with E-state index in [2.05, 4.69) is 10.6 Å². The lowest BCUT2D eigenvalue weighted by Crippen LogP contribution is -2.55. The topological polar surface area (TPSA) is 143 Å². The van der Waals surface area contributed by atoms with Crippen molar-refractivity contribution in [2.75, 3.05) is 12.0 Å². The monoisotopic (exact) mass is 426 g/mol. The molecule has 0 aliphatic rings. The summed E-state index contributed by atoms with van der Waals surface area (Å²) in [6, 6.07) is 4.43. The van der Waals surface area contributed by atoms with Crippen molar-refractivity contribution in [3.63, 3.8) is 0 Å². The molecule has 0 spiro atoms. The lowest BCUT2D eigenvalue weighted by atomic mass is 10.0. The summed E-state index contributed by atoms with van der Waals surface area (Å²) in [6.45, 7) is 5.18. The highest BCUT2D eigenvalue weighted by atomic mass is 32.2. The molecule has 0 radical (unpaired) electrons. The van der Waals surface area contributed by atoms with E-state index < -0.39 is 35.6 Å². The number of phenols is 1. The summed E-state index contributed by atoms with van der Waals surface area (Å²) in [5, 5.41) is 14.6. The summed E-state index contributed by atoms with van der Waals surface area (Å²) in [7, 11) is 0. The second-order valence-corrected chi connectivity index (χ2v) is 8.41. The summed E-state index contributed by atoms with van der Waals surface area (Å²) in [5.41, 5.74) is 2.05. The Balaban J connectivity index is 2.88. The van der Waals surface area contributed by atoms with E-state index in [1.165, 1.54) is 23.9 Å². The molecule has 1 aromatic rings. The van der Waals surface area contributed by atoms with Gasteiger partial charge in [0.2, 0.25) is 5.91 Å². The van der Waals surface area contributed by atoms with Gasteiger partial charge in [0, 0.05) is 6.42 Å². The Bertz CT molecular complexity index is 691. The number of rotatable bonds is 9. The van der Waals surface area contributed by atoms with Gasteiger partial charge in [-0.1, -0.05) is 12.1 Å². The van der Waals surface area contributed by atoms with Crippen LogP contribution in [-0.4, -0.2) is 52.7 Å². The van der Waals surface area contributed by atoms with Crippen molar-refractivity contribution in [3.05, 3.63) is 29.8 Å². The number of hydrazine groups is 1. The van der Waals surface area contributed by atoms with Crippen LogP contribution in [0.25, 0.3) is 0 Å². The Morgan fingerprint density at radius 3 is 2.24 bits per heavy atom. The summed E-state index contributed by atoms with van der Waals surface area (Å²) < 4.78 is 5.22. The molecule has 3 amide bonds. The molecule has 1 rings (SSSR count). The minimum absolute atomic E-state index is 0.0938. The molecule has 0 saturated heterocycles. The van der Waals surface area contributed by atoms with Gasteiger partial charge in [-0.3, -0.25) is 15.0 Å². The summed E-state index contributed by atoms with van der Waals surface area (Å²) in [5.74, 6) is 4.87. The lowest BCUT2D eigenvalue weighted by molar-refractivity contribution is -0.130. The van der Waals surface area contributed by atoms with Gasteiger partial charge >= 0.3 is 6.09 Å². The first kappa shape index (κ1) is 24.6. The van der Waals surface area contributed by atoms with Crippen LogP contribution in [0.4, 0.5) is 4.79 Å². The van der Waals surface area contributed by atoms with Crippen molar-refractivity contribution in [1.82, 2.24) is 16.1 Å². The molecule has 10 heteroatoms. The first-order valence-corrected chi connectivity index (χ1v) is 10.5. The molecule has 0 unspecified atom stereocenters. The van der Waals surface area contributed by atoms with Crippen LogP contribution < -0.4 is 21.9 Å². The molecule has 2 atom stereocenters. The number of thioether (sulfide) groups is 1. The fraction of sp³-hybridized carbons (Fsp3) is 0.526. The van der Waals surface area contributed by atoms with E-state index in [1.807, 2.05) is 11.7 Å². The molecule has 0 aliphatic heterocycles. The van der Waals surface area contributed by atoms with Crippen LogP contribution in [0.1, 0.15) is 32.8 Å². The van der Waals surface area contributed by atoms with Gasteiger partial charge in [-0.05, 0) is 56.9 Å². The van der Waals surface area contributed by atoms with E-state index in [1.54, 1.807) is 32.9 Å². The maximum Gasteiger partial charge on any atom is 0.408 e. The first-order valence-electron chi connectivity index (χ1n) is 9.13. The Labute approximate surface area is 175 Å². The third kappa shape index (κ3) is 9.53. The number of carbonyl (C=O) groups excluding carboxylic acids is 3. The van der Waals surface area contributed by atoms with Gasteiger partial charge in [-0.25, -0.2) is 10.6 Å². The zero-order chi connectivity index (χ0) is 22.0. The number of nitrogens with one attached hydrogen (secondary N) is 3.